The zero-order valence-corrected chi connectivity index (χ0v) is 11.3. The van der Waals surface area contributed by atoms with Crippen LogP contribution in [-0.2, 0) is 0 Å². The van der Waals surface area contributed by atoms with Gasteiger partial charge in [0.05, 0.1) is 14.2 Å². The summed E-state index contributed by atoms with van der Waals surface area (Å²) in [5.74, 6) is 7.39. The lowest BCUT2D eigenvalue weighted by Crippen LogP contribution is -2.06. The van der Waals surface area contributed by atoms with Gasteiger partial charge in [0.1, 0.15) is 5.01 Å². The fraction of sp³-hybridized carbons (Fsp3) is 0.250. The summed E-state index contributed by atoms with van der Waals surface area (Å²) in [5.41, 5.74) is 4.62. The number of nitrogens with two attached hydrogens (primary N) is 1. The van der Waals surface area contributed by atoms with Gasteiger partial charge in [-0.2, -0.15) is 0 Å². The van der Waals surface area contributed by atoms with Crippen molar-refractivity contribution in [1.29, 1.82) is 0 Å². The number of methoxy groups -OCH3 is 2. The molecule has 0 aliphatic heterocycles. The minimum absolute atomic E-state index is 0.657. The molecule has 2 aromatic rings. The number of aryl methyl sites for hydroxylation is 1. The maximum absolute atomic E-state index is 5.33. The number of aromatic nitrogens is 1. The van der Waals surface area contributed by atoms with E-state index < -0.39 is 0 Å². The fourth-order valence-electron chi connectivity index (χ4n) is 1.67. The van der Waals surface area contributed by atoms with Gasteiger partial charge in [0.15, 0.2) is 17.3 Å². The van der Waals surface area contributed by atoms with Crippen molar-refractivity contribution in [3.8, 4) is 22.1 Å². The minimum Gasteiger partial charge on any atom is -0.493 e. The van der Waals surface area contributed by atoms with Crippen LogP contribution in [0, 0.1) is 6.92 Å². The van der Waals surface area contributed by atoms with E-state index in [0.717, 1.165) is 16.1 Å². The molecule has 18 heavy (non-hydrogen) atoms. The van der Waals surface area contributed by atoms with E-state index in [1.54, 1.807) is 14.2 Å². The van der Waals surface area contributed by atoms with Gasteiger partial charge in [-0.1, -0.05) is 0 Å². The van der Waals surface area contributed by atoms with Crippen molar-refractivity contribution in [1.82, 2.24) is 4.98 Å². The maximum atomic E-state index is 5.33. The number of nitrogens with zero attached hydrogens (tertiary/aromatic N) is 1. The second kappa shape index (κ2) is 5.24. The Hall–Kier alpha value is -1.79. The van der Waals surface area contributed by atoms with Crippen LogP contribution in [-0.4, -0.2) is 19.2 Å². The Morgan fingerprint density at radius 3 is 2.44 bits per heavy atom. The van der Waals surface area contributed by atoms with Crippen LogP contribution in [0.15, 0.2) is 17.5 Å². The van der Waals surface area contributed by atoms with E-state index in [0.29, 0.717) is 17.3 Å². The number of nitrogen functional groups attached to an aromatic ring is 1. The molecule has 96 valence electrons. The minimum atomic E-state index is 0.657. The predicted molar refractivity (Wildman–Crippen MR) is 73.2 cm³/mol. The molecule has 1 aromatic heterocycles. The molecule has 0 saturated heterocycles. The molecule has 3 N–H and O–H groups in total. The van der Waals surface area contributed by atoms with Crippen LogP contribution in [0.2, 0.25) is 0 Å². The molecule has 0 amide bonds. The van der Waals surface area contributed by atoms with Crippen LogP contribution in [0.5, 0.6) is 11.5 Å². The zero-order chi connectivity index (χ0) is 13.1. The molecule has 0 radical (unpaired) electrons. The van der Waals surface area contributed by atoms with Crippen molar-refractivity contribution in [3.63, 3.8) is 0 Å². The smallest absolute Gasteiger partial charge is 0.161 e. The summed E-state index contributed by atoms with van der Waals surface area (Å²) in [4.78, 5) is 4.38. The SMILES string of the molecule is COc1cc(C)c(-c2nc(NN)cs2)cc1OC. The van der Waals surface area contributed by atoms with Crippen molar-refractivity contribution in [2.24, 2.45) is 5.84 Å². The van der Waals surface area contributed by atoms with Gasteiger partial charge in [-0.3, -0.25) is 0 Å². The number of anilines is 1. The van der Waals surface area contributed by atoms with Gasteiger partial charge in [0.25, 0.3) is 0 Å². The summed E-state index contributed by atoms with van der Waals surface area (Å²) >= 11 is 1.52. The number of thiazole rings is 1. The Kier molecular flexibility index (Phi) is 3.69. The van der Waals surface area contributed by atoms with Gasteiger partial charge in [-0.15, -0.1) is 11.3 Å². The van der Waals surface area contributed by atoms with E-state index in [1.165, 1.54) is 11.3 Å². The number of benzene rings is 1. The highest BCUT2D eigenvalue weighted by molar-refractivity contribution is 7.13. The Labute approximate surface area is 110 Å². The van der Waals surface area contributed by atoms with Gasteiger partial charge in [-0.05, 0) is 24.6 Å². The monoisotopic (exact) mass is 265 g/mol. The molecule has 0 fully saturated rings. The molecule has 0 unspecified atom stereocenters. The standard InChI is InChI=1S/C12H15N3O2S/c1-7-4-9(16-2)10(17-3)5-8(7)12-14-11(15-13)6-18-12/h4-6,15H,13H2,1-3H3. The summed E-state index contributed by atoms with van der Waals surface area (Å²) < 4.78 is 10.6. The van der Waals surface area contributed by atoms with Crippen LogP contribution in [0.1, 0.15) is 5.56 Å². The molecular formula is C12H15N3O2S. The molecule has 0 aliphatic rings. The largest absolute Gasteiger partial charge is 0.493 e. The van der Waals surface area contributed by atoms with E-state index in [-0.39, 0.29) is 0 Å². The average molecular weight is 265 g/mol. The molecule has 0 spiro atoms. The molecule has 0 aliphatic carbocycles. The molecule has 1 aromatic carbocycles. The third-order valence-electron chi connectivity index (χ3n) is 2.61. The Balaban J connectivity index is 2.50. The van der Waals surface area contributed by atoms with Crippen LogP contribution in [0.4, 0.5) is 5.82 Å². The normalized spacial score (nSPS) is 10.2. The third-order valence-corrected chi connectivity index (χ3v) is 3.49. The Bertz CT molecular complexity index is 554. The molecule has 0 atom stereocenters. The third kappa shape index (κ3) is 2.25. The Morgan fingerprint density at radius 1 is 1.22 bits per heavy atom. The molecule has 0 bridgehead atoms. The number of rotatable bonds is 4. The average Bonchev–Trinajstić information content (AvgIpc) is 2.86. The first-order chi connectivity index (χ1) is 8.69. The molecule has 6 heteroatoms. The van der Waals surface area contributed by atoms with Crippen molar-refractivity contribution < 1.29 is 9.47 Å². The summed E-state index contributed by atoms with van der Waals surface area (Å²) in [7, 11) is 3.24. The van der Waals surface area contributed by atoms with E-state index >= 15 is 0 Å². The number of nitrogens with one attached hydrogen (secondary N) is 1. The molecule has 2 rings (SSSR count). The second-order valence-electron chi connectivity index (χ2n) is 3.70. The zero-order valence-electron chi connectivity index (χ0n) is 10.5. The van der Waals surface area contributed by atoms with E-state index in [4.69, 9.17) is 15.3 Å². The fourth-order valence-corrected chi connectivity index (χ4v) is 2.52. The van der Waals surface area contributed by atoms with Crippen molar-refractivity contribution in [2.45, 2.75) is 6.92 Å². The summed E-state index contributed by atoms with van der Waals surface area (Å²) in [5, 5.41) is 2.76. The van der Waals surface area contributed by atoms with Crippen LogP contribution >= 0.6 is 11.3 Å². The molecule has 5 nitrogen and oxygen atoms in total. The topological polar surface area (TPSA) is 69.4 Å². The molecule has 0 saturated carbocycles. The van der Waals surface area contributed by atoms with Gasteiger partial charge in [-0.25, -0.2) is 10.8 Å². The lowest BCUT2D eigenvalue weighted by molar-refractivity contribution is 0.355. The summed E-state index contributed by atoms with van der Waals surface area (Å²) in [6, 6.07) is 3.86. The first kappa shape index (κ1) is 12.7. The number of ether oxygens (including phenoxy) is 2. The van der Waals surface area contributed by atoms with Gasteiger partial charge in [0.2, 0.25) is 0 Å². The maximum Gasteiger partial charge on any atom is 0.161 e. The first-order valence-corrected chi connectivity index (χ1v) is 6.22. The first-order valence-electron chi connectivity index (χ1n) is 5.34. The van der Waals surface area contributed by atoms with Gasteiger partial charge < -0.3 is 14.9 Å². The van der Waals surface area contributed by atoms with E-state index in [1.807, 2.05) is 24.4 Å². The molecular weight excluding hydrogens is 250 g/mol. The number of hydrogen-bond acceptors (Lipinski definition) is 6. The lowest BCUT2D eigenvalue weighted by atomic mass is 10.1. The van der Waals surface area contributed by atoms with Gasteiger partial charge in [0, 0.05) is 10.9 Å². The van der Waals surface area contributed by atoms with Crippen LogP contribution in [0.25, 0.3) is 10.6 Å². The quantitative estimate of drug-likeness (QED) is 0.656. The lowest BCUT2D eigenvalue weighted by Gasteiger charge is -2.11. The van der Waals surface area contributed by atoms with Crippen LogP contribution in [0.3, 0.4) is 0 Å². The highest BCUT2D eigenvalue weighted by Crippen LogP contribution is 2.36. The number of hydrogen-bond donors (Lipinski definition) is 2. The van der Waals surface area contributed by atoms with Crippen molar-refractivity contribution >= 4 is 17.2 Å². The van der Waals surface area contributed by atoms with E-state index in [9.17, 15) is 0 Å². The van der Waals surface area contributed by atoms with E-state index in [2.05, 4.69) is 10.4 Å². The summed E-state index contributed by atoms with van der Waals surface area (Å²) in [6.45, 7) is 2.01. The highest BCUT2D eigenvalue weighted by atomic mass is 32.1. The summed E-state index contributed by atoms with van der Waals surface area (Å²) in [6.07, 6.45) is 0. The van der Waals surface area contributed by atoms with Crippen LogP contribution < -0.4 is 20.7 Å². The van der Waals surface area contributed by atoms with Crippen molar-refractivity contribution in [3.05, 3.63) is 23.1 Å². The highest BCUT2D eigenvalue weighted by Gasteiger charge is 2.12. The van der Waals surface area contributed by atoms with Crippen molar-refractivity contribution in [2.75, 3.05) is 19.6 Å². The van der Waals surface area contributed by atoms with Gasteiger partial charge >= 0.3 is 0 Å². The Morgan fingerprint density at radius 2 is 1.89 bits per heavy atom. The number of hydrazine groups is 1. The second-order valence-corrected chi connectivity index (χ2v) is 4.56. The molecule has 1 heterocycles. The predicted octanol–water partition coefficient (Wildman–Crippen LogP) is 2.42.